The Bertz CT molecular complexity index is 991. The first-order valence-corrected chi connectivity index (χ1v) is 20.3. The van der Waals surface area contributed by atoms with E-state index < -0.39 is 41.7 Å². The van der Waals surface area contributed by atoms with Crippen molar-refractivity contribution >= 4 is 17.6 Å². The number of hydrogen-bond acceptors (Lipinski definition) is 6. The zero-order valence-corrected chi connectivity index (χ0v) is 29.1. The van der Waals surface area contributed by atoms with E-state index in [0.717, 1.165) is 51.4 Å². The Balaban J connectivity index is 2.91. The smallest absolute Gasteiger partial charge is 0.362 e. The lowest BCUT2D eigenvalue weighted by Crippen LogP contribution is -2.58. The highest BCUT2D eigenvalue weighted by molar-refractivity contribution is 7.89. The van der Waals surface area contributed by atoms with Crippen LogP contribution in [0.2, 0.25) is 0 Å². The molecule has 0 saturated heterocycles. The maximum atomic E-state index is 13.1. The SMILES string of the molecule is CCCCCCCCCCCCC(NS(=O)(=O)CCCCCCCCCC)C(O)C(CO)(OCc1ccccc1)P(=O)(O)O. The standard InChI is InChI=1S/C33H62NO8PS/c1-3-5-7-9-11-13-14-15-17-22-26-31(34-44(40,41)27-23-18-16-12-10-8-6-4-2)32(36)33(29-35,43(37,38)39)42-28-30-24-20-19-21-25-30/h19-21,24-25,31-32,34-36H,3-18,22-23,26-29H2,1-2H3,(H2,37,38,39). The molecule has 258 valence electrons. The predicted octanol–water partition coefficient (Wildman–Crippen LogP) is 7.17. The molecule has 0 aliphatic carbocycles. The van der Waals surface area contributed by atoms with E-state index in [4.69, 9.17) is 4.74 Å². The molecule has 3 unspecified atom stereocenters. The van der Waals surface area contributed by atoms with Crippen molar-refractivity contribution in [2.75, 3.05) is 12.4 Å². The molecule has 1 rings (SSSR count). The van der Waals surface area contributed by atoms with Crippen molar-refractivity contribution in [3.05, 3.63) is 35.9 Å². The molecule has 0 fully saturated rings. The second kappa shape index (κ2) is 23.5. The predicted molar refractivity (Wildman–Crippen MR) is 179 cm³/mol. The minimum atomic E-state index is -5.28. The molecule has 9 nitrogen and oxygen atoms in total. The van der Waals surface area contributed by atoms with E-state index in [9.17, 15) is 33.0 Å². The van der Waals surface area contributed by atoms with E-state index >= 15 is 0 Å². The van der Waals surface area contributed by atoms with Gasteiger partial charge in [-0.05, 0) is 18.4 Å². The molecule has 3 atom stereocenters. The lowest BCUT2D eigenvalue weighted by atomic mass is 9.98. The van der Waals surface area contributed by atoms with Crippen LogP contribution in [-0.4, -0.2) is 58.3 Å². The fourth-order valence-corrected chi connectivity index (χ4v) is 7.87. The molecule has 5 N–H and O–H groups in total. The number of ether oxygens (including phenoxy) is 1. The fraction of sp³-hybridized carbons (Fsp3) is 0.818. The normalized spacial score (nSPS) is 15.2. The molecule has 0 amide bonds. The summed E-state index contributed by atoms with van der Waals surface area (Å²) in [5.41, 5.74) is 0.590. The highest BCUT2D eigenvalue weighted by Gasteiger charge is 2.56. The Hall–Kier alpha value is -0.840. The van der Waals surface area contributed by atoms with Gasteiger partial charge in [-0.15, -0.1) is 0 Å². The summed E-state index contributed by atoms with van der Waals surface area (Å²) in [7, 11) is -9.16. The van der Waals surface area contributed by atoms with E-state index in [1.54, 1.807) is 30.3 Å². The number of nitrogens with one attached hydrogen (secondary N) is 1. The Kier molecular flexibility index (Phi) is 22.0. The average molecular weight is 664 g/mol. The summed E-state index contributed by atoms with van der Waals surface area (Å²) in [6.07, 6.45) is 16.8. The van der Waals surface area contributed by atoms with Crippen LogP contribution >= 0.6 is 7.60 Å². The highest BCUT2D eigenvalue weighted by atomic mass is 32.2. The topological polar surface area (TPSA) is 153 Å². The number of rotatable bonds is 29. The maximum Gasteiger partial charge on any atom is 0.362 e. The van der Waals surface area contributed by atoms with Gasteiger partial charge in [0.1, 0.15) is 6.10 Å². The molecule has 1 aromatic rings. The molecule has 11 heteroatoms. The molecule has 0 aromatic heterocycles. The van der Waals surface area contributed by atoms with Crippen LogP contribution in [0.5, 0.6) is 0 Å². The lowest BCUT2D eigenvalue weighted by molar-refractivity contribution is -0.123. The number of benzene rings is 1. The van der Waals surface area contributed by atoms with E-state index in [-0.39, 0.29) is 18.8 Å². The summed E-state index contributed by atoms with van der Waals surface area (Å²) in [6, 6.07) is 7.41. The third kappa shape index (κ3) is 16.6. The molecular weight excluding hydrogens is 601 g/mol. The van der Waals surface area contributed by atoms with Crippen LogP contribution in [0.15, 0.2) is 30.3 Å². The van der Waals surface area contributed by atoms with Crippen molar-refractivity contribution in [3.8, 4) is 0 Å². The zero-order valence-electron chi connectivity index (χ0n) is 27.4. The van der Waals surface area contributed by atoms with Crippen LogP contribution < -0.4 is 4.72 Å². The maximum absolute atomic E-state index is 13.1. The Morgan fingerprint density at radius 1 is 0.773 bits per heavy atom. The molecule has 0 spiro atoms. The number of aliphatic hydroxyl groups is 2. The Labute approximate surface area is 267 Å². The monoisotopic (exact) mass is 663 g/mol. The molecule has 0 aliphatic rings. The molecule has 0 heterocycles. The van der Waals surface area contributed by atoms with Gasteiger partial charge in [-0.25, -0.2) is 13.1 Å². The summed E-state index contributed by atoms with van der Waals surface area (Å²) >= 11 is 0. The van der Waals surface area contributed by atoms with Crippen molar-refractivity contribution in [3.63, 3.8) is 0 Å². The number of sulfonamides is 1. The first-order valence-electron chi connectivity index (χ1n) is 17.1. The third-order valence-corrected chi connectivity index (χ3v) is 11.4. The van der Waals surface area contributed by atoms with Gasteiger partial charge in [-0.2, -0.15) is 0 Å². The van der Waals surface area contributed by atoms with Crippen molar-refractivity contribution in [2.45, 2.75) is 160 Å². The molecule has 0 bridgehead atoms. The molecule has 0 radical (unpaired) electrons. The lowest BCUT2D eigenvalue weighted by Gasteiger charge is -2.40. The van der Waals surface area contributed by atoms with Crippen LogP contribution in [0, 0.1) is 0 Å². The summed E-state index contributed by atoms with van der Waals surface area (Å²) in [6.45, 7) is 2.90. The van der Waals surface area contributed by atoms with Gasteiger partial charge in [0.2, 0.25) is 15.4 Å². The highest BCUT2D eigenvalue weighted by Crippen LogP contribution is 2.54. The second-order valence-electron chi connectivity index (χ2n) is 12.3. The van der Waals surface area contributed by atoms with E-state index in [0.29, 0.717) is 18.4 Å². The molecule has 0 aliphatic heterocycles. The number of unbranched alkanes of at least 4 members (excludes halogenated alkanes) is 16. The minimum Gasteiger partial charge on any atom is -0.393 e. The molecular formula is C33H62NO8PS. The Morgan fingerprint density at radius 3 is 1.68 bits per heavy atom. The minimum absolute atomic E-state index is 0.143. The van der Waals surface area contributed by atoms with E-state index in [2.05, 4.69) is 18.6 Å². The van der Waals surface area contributed by atoms with Crippen molar-refractivity contribution < 1.29 is 37.7 Å². The van der Waals surface area contributed by atoms with Gasteiger partial charge >= 0.3 is 7.60 Å². The number of hydrogen-bond donors (Lipinski definition) is 5. The van der Waals surface area contributed by atoms with Crippen LogP contribution in [-0.2, 0) is 25.9 Å². The second-order valence-corrected chi connectivity index (χ2v) is 16.0. The largest absolute Gasteiger partial charge is 0.393 e. The van der Waals surface area contributed by atoms with E-state index in [1.807, 2.05) is 0 Å². The van der Waals surface area contributed by atoms with Gasteiger partial charge in [0.05, 0.1) is 25.0 Å². The fourth-order valence-electron chi connectivity index (χ4n) is 5.52. The summed E-state index contributed by atoms with van der Waals surface area (Å²) in [4.78, 5) is 20.7. The van der Waals surface area contributed by atoms with Crippen molar-refractivity contribution in [1.82, 2.24) is 4.72 Å². The Morgan fingerprint density at radius 2 is 1.23 bits per heavy atom. The van der Waals surface area contributed by atoms with Crippen molar-refractivity contribution in [1.29, 1.82) is 0 Å². The van der Waals surface area contributed by atoms with Crippen LogP contribution in [0.4, 0.5) is 0 Å². The average Bonchev–Trinajstić information content (AvgIpc) is 2.99. The van der Waals surface area contributed by atoms with Gasteiger partial charge in [-0.1, -0.05) is 153 Å². The van der Waals surface area contributed by atoms with Gasteiger partial charge in [0, 0.05) is 0 Å². The summed E-state index contributed by atoms with van der Waals surface area (Å²) < 4.78 is 47.2. The summed E-state index contributed by atoms with van der Waals surface area (Å²) in [5.74, 6) is -0.143. The first kappa shape index (κ1) is 41.2. The summed E-state index contributed by atoms with van der Waals surface area (Å²) in [5, 5.41) is 19.0. The van der Waals surface area contributed by atoms with Crippen LogP contribution in [0.3, 0.4) is 0 Å². The molecule has 1 aromatic carbocycles. The molecule has 0 saturated carbocycles. The van der Waals surface area contributed by atoms with Gasteiger partial charge < -0.3 is 24.7 Å². The van der Waals surface area contributed by atoms with Crippen LogP contribution in [0.25, 0.3) is 0 Å². The number of aliphatic hydroxyl groups excluding tert-OH is 2. The van der Waals surface area contributed by atoms with Crippen LogP contribution in [0.1, 0.15) is 141 Å². The van der Waals surface area contributed by atoms with Gasteiger partial charge in [0.25, 0.3) is 0 Å². The third-order valence-electron chi connectivity index (χ3n) is 8.36. The van der Waals surface area contributed by atoms with E-state index in [1.165, 1.54) is 51.4 Å². The van der Waals surface area contributed by atoms with Crippen molar-refractivity contribution in [2.24, 2.45) is 0 Å². The zero-order chi connectivity index (χ0) is 32.7. The van der Waals surface area contributed by atoms with Gasteiger partial charge in [-0.3, -0.25) is 4.57 Å². The quantitative estimate of drug-likeness (QED) is 0.0447. The van der Waals surface area contributed by atoms with Gasteiger partial charge in [0.15, 0.2) is 0 Å². The molecule has 44 heavy (non-hydrogen) atoms. The first-order chi connectivity index (χ1) is 21.0.